The van der Waals surface area contributed by atoms with Crippen LogP contribution >= 0.6 is 15.9 Å². The van der Waals surface area contributed by atoms with Crippen LogP contribution in [0, 0.1) is 0 Å². The van der Waals surface area contributed by atoms with Gasteiger partial charge in [-0.2, -0.15) is 0 Å². The van der Waals surface area contributed by atoms with Crippen LogP contribution in [0.1, 0.15) is 10.4 Å². The van der Waals surface area contributed by atoms with Gasteiger partial charge in [0.05, 0.1) is 17.6 Å². The van der Waals surface area contributed by atoms with E-state index in [-0.39, 0.29) is 10.8 Å². The summed E-state index contributed by atoms with van der Waals surface area (Å²) >= 11 is 3.37. The number of rotatable bonds is 7. The van der Waals surface area contributed by atoms with E-state index >= 15 is 0 Å². The van der Waals surface area contributed by atoms with E-state index in [0.29, 0.717) is 22.9 Å². The number of hydrogen-bond donors (Lipinski definition) is 1. The number of nitrogens with one attached hydrogen (secondary N) is 1. The molecule has 0 spiro atoms. The Bertz CT molecular complexity index is 1140. The van der Waals surface area contributed by atoms with Gasteiger partial charge in [-0.3, -0.25) is 9.63 Å². The van der Waals surface area contributed by atoms with Gasteiger partial charge in [-0.05, 0) is 48.5 Å². The first-order chi connectivity index (χ1) is 14.3. The van der Waals surface area contributed by atoms with Crippen LogP contribution in [0.5, 0.6) is 11.6 Å². The maximum atomic E-state index is 12.4. The zero-order valence-electron chi connectivity index (χ0n) is 16.1. The van der Waals surface area contributed by atoms with Crippen molar-refractivity contribution in [2.75, 3.05) is 19.5 Å². The zero-order chi connectivity index (χ0) is 21.7. The molecule has 1 N–H and O–H groups in total. The van der Waals surface area contributed by atoms with Crippen molar-refractivity contribution in [3.8, 4) is 11.6 Å². The second kappa shape index (κ2) is 9.35. The fourth-order valence-electron chi connectivity index (χ4n) is 2.39. The molecule has 0 aliphatic carbocycles. The number of carbonyl (C=O) groups excluding carboxylic acids is 1. The highest BCUT2D eigenvalue weighted by atomic mass is 79.9. The van der Waals surface area contributed by atoms with E-state index < -0.39 is 10.0 Å². The molecule has 3 aromatic rings. The van der Waals surface area contributed by atoms with Gasteiger partial charge in [0.25, 0.3) is 15.9 Å². The fraction of sp³-hybridized carbons (Fsp3) is 0.100. The van der Waals surface area contributed by atoms with Gasteiger partial charge in [0, 0.05) is 29.5 Å². The summed E-state index contributed by atoms with van der Waals surface area (Å²) in [6.07, 6.45) is 1.40. The van der Waals surface area contributed by atoms with Gasteiger partial charge in [0.2, 0.25) is 5.88 Å². The first-order valence-electron chi connectivity index (χ1n) is 8.63. The maximum absolute atomic E-state index is 12.4. The van der Waals surface area contributed by atoms with Crippen molar-refractivity contribution in [2.24, 2.45) is 0 Å². The first-order valence-corrected chi connectivity index (χ1v) is 10.9. The molecule has 1 amide bonds. The van der Waals surface area contributed by atoms with Gasteiger partial charge in [0.1, 0.15) is 5.75 Å². The number of benzene rings is 2. The Morgan fingerprint density at radius 3 is 2.43 bits per heavy atom. The SMILES string of the molecule is CON(C)S(=O)(=O)c1ccc(NC(=O)c2ccc(Oc3cccc(Br)c3)nc2)cc1. The van der Waals surface area contributed by atoms with E-state index in [1.165, 1.54) is 44.6 Å². The highest BCUT2D eigenvalue weighted by Gasteiger charge is 2.20. The Labute approximate surface area is 182 Å². The van der Waals surface area contributed by atoms with Crippen molar-refractivity contribution in [1.29, 1.82) is 0 Å². The second-order valence-electron chi connectivity index (χ2n) is 6.02. The highest BCUT2D eigenvalue weighted by Crippen LogP contribution is 2.23. The fourth-order valence-corrected chi connectivity index (χ4v) is 3.74. The summed E-state index contributed by atoms with van der Waals surface area (Å²) in [5.74, 6) is 0.575. The Kier molecular flexibility index (Phi) is 6.83. The molecular formula is C20H18BrN3O5S. The van der Waals surface area contributed by atoms with Crippen LogP contribution in [-0.4, -0.2) is 37.9 Å². The van der Waals surface area contributed by atoms with Crippen LogP contribution in [0.3, 0.4) is 0 Å². The molecule has 0 unspecified atom stereocenters. The minimum atomic E-state index is -3.75. The summed E-state index contributed by atoms with van der Waals surface area (Å²) in [5, 5.41) is 2.69. The highest BCUT2D eigenvalue weighted by molar-refractivity contribution is 9.10. The third-order valence-electron chi connectivity index (χ3n) is 4.02. The van der Waals surface area contributed by atoms with Gasteiger partial charge in [-0.1, -0.05) is 26.5 Å². The van der Waals surface area contributed by atoms with Crippen LogP contribution in [0.2, 0.25) is 0 Å². The van der Waals surface area contributed by atoms with Crippen LogP contribution in [0.25, 0.3) is 0 Å². The molecule has 1 aromatic heterocycles. The van der Waals surface area contributed by atoms with E-state index in [4.69, 9.17) is 9.57 Å². The Hall–Kier alpha value is -2.79. The normalized spacial score (nSPS) is 11.3. The summed E-state index contributed by atoms with van der Waals surface area (Å²) in [6, 6.07) is 16.2. The maximum Gasteiger partial charge on any atom is 0.264 e. The van der Waals surface area contributed by atoms with Crippen LogP contribution in [0.15, 0.2) is 76.2 Å². The lowest BCUT2D eigenvalue weighted by Crippen LogP contribution is -2.25. The van der Waals surface area contributed by atoms with Crippen molar-refractivity contribution in [1.82, 2.24) is 9.45 Å². The van der Waals surface area contributed by atoms with Gasteiger partial charge in [0.15, 0.2) is 0 Å². The lowest BCUT2D eigenvalue weighted by Gasteiger charge is -2.14. The topological polar surface area (TPSA) is 97.8 Å². The molecule has 0 bridgehead atoms. The van der Waals surface area contributed by atoms with Gasteiger partial charge >= 0.3 is 0 Å². The number of halogens is 1. The third kappa shape index (κ3) is 5.22. The number of nitrogens with zero attached hydrogens (tertiary/aromatic N) is 2. The van der Waals surface area contributed by atoms with Crippen molar-refractivity contribution >= 4 is 37.5 Å². The monoisotopic (exact) mass is 491 g/mol. The number of amides is 1. The summed E-state index contributed by atoms with van der Waals surface area (Å²) < 4.78 is 31.7. The van der Waals surface area contributed by atoms with Crippen LogP contribution in [0.4, 0.5) is 5.69 Å². The molecular weight excluding hydrogens is 474 g/mol. The smallest absolute Gasteiger partial charge is 0.264 e. The quantitative estimate of drug-likeness (QED) is 0.500. The predicted octanol–water partition coefficient (Wildman–Crippen LogP) is 4.07. The molecule has 0 saturated heterocycles. The van der Waals surface area contributed by atoms with Gasteiger partial charge in [-0.15, -0.1) is 0 Å². The average Bonchev–Trinajstić information content (AvgIpc) is 2.74. The third-order valence-corrected chi connectivity index (χ3v) is 6.21. The second-order valence-corrected chi connectivity index (χ2v) is 8.87. The Morgan fingerprint density at radius 1 is 1.10 bits per heavy atom. The molecule has 2 aromatic carbocycles. The summed E-state index contributed by atoms with van der Waals surface area (Å²) in [7, 11) is -1.20. The molecule has 0 fully saturated rings. The molecule has 8 nitrogen and oxygen atoms in total. The first kappa shape index (κ1) is 21.9. The number of sulfonamides is 1. The molecule has 0 aliphatic heterocycles. The van der Waals surface area contributed by atoms with Crippen molar-refractivity contribution in [2.45, 2.75) is 4.90 Å². The van der Waals surface area contributed by atoms with Crippen molar-refractivity contribution in [3.63, 3.8) is 0 Å². The molecule has 3 rings (SSSR count). The summed E-state index contributed by atoms with van der Waals surface area (Å²) in [5.41, 5.74) is 0.765. The largest absolute Gasteiger partial charge is 0.439 e. The molecule has 0 saturated carbocycles. The number of hydrogen-bond acceptors (Lipinski definition) is 6. The summed E-state index contributed by atoms with van der Waals surface area (Å²) in [4.78, 5) is 21.3. The van der Waals surface area contributed by atoms with Gasteiger partial charge < -0.3 is 10.1 Å². The average molecular weight is 492 g/mol. The van der Waals surface area contributed by atoms with E-state index in [0.717, 1.165) is 8.94 Å². The predicted molar refractivity (Wildman–Crippen MR) is 115 cm³/mol. The lowest BCUT2D eigenvalue weighted by atomic mass is 10.2. The number of hydroxylamine groups is 1. The van der Waals surface area contributed by atoms with Crippen LogP contribution < -0.4 is 10.1 Å². The lowest BCUT2D eigenvalue weighted by molar-refractivity contribution is -0.0258. The molecule has 1 heterocycles. The number of ether oxygens (including phenoxy) is 1. The Balaban J connectivity index is 1.66. The number of aromatic nitrogens is 1. The minimum Gasteiger partial charge on any atom is -0.439 e. The molecule has 156 valence electrons. The number of carbonyl (C=O) groups is 1. The van der Waals surface area contributed by atoms with Gasteiger partial charge in [-0.25, -0.2) is 13.4 Å². The van der Waals surface area contributed by atoms with E-state index in [1.54, 1.807) is 24.3 Å². The number of anilines is 1. The van der Waals surface area contributed by atoms with Crippen molar-refractivity contribution < 1.29 is 22.8 Å². The molecule has 10 heteroatoms. The summed E-state index contributed by atoms with van der Waals surface area (Å²) in [6.45, 7) is 0. The van der Waals surface area contributed by atoms with E-state index in [2.05, 4.69) is 26.2 Å². The van der Waals surface area contributed by atoms with E-state index in [1.807, 2.05) is 12.1 Å². The molecule has 0 aliphatic rings. The molecule has 0 radical (unpaired) electrons. The number of pyridine rings is 1. The standard InChI is InChI=1S/C20H18BrN3O5S/c1-24(28-2)30(26,27)18-9-7-16(8-10-18)23-20(25)14-6-11-19(22-13-14)29-17-5-3-4-15(21)12-17/h3-13H,1-2H3,(H,23,25). The van der Waals surface area contributed by atoms with Crippen molar-refractivity contribution in [3.05, 3.63) is 76.9 Å². The minimum absolute atomic E-state index is 0.0422. The van der Waals surface area contributed by atoms with E-state index in [9.17, 15) is 13.2 Å². The van der Waals surface area contributed by atoms with Crippen LogP contribution in [-0.2, 0) is 14.9 Å². The zero-order valence-corrected chi connectivity index (χ0v) is 18.5. The molecule has 0 atom stereocenters. The molecule has 30 heavy (non-hydrogen) atoms. The Morgan fingerprint density at radius 2 is 1.83 bits per heavy atom.